The van der Waals surface area contributed by atoms with E-state index in [4.69, 9.17) is 10.3 Å². The van der Waals surface area contributed by atoms with Gasteiger partial charge >= 0.3 is 0 Å². The molecular weight excluding hydrogens is 276 g/mol. The Morgan fingerprint density at radius 3 is 2.48 bits per heavy atom. The largest absolute Gasteiger partial charge is 0.399 e. The first-order valence-electron chi connectivity index (χ1n) is 6.21. The Kier molecular flexibility index (Phi) is 3.13. The third kappa shape index (κ3) is 2.35. The number of halogens is 2. The lowest BCUT2D eigenvalue weighted by Gasteiger charge is -2.02. The Morgan fingerprint density at radius 2 is 1.76 bits per heavy atom. The van der Waals surface area contributed by atoms with Gasteiger partial charge in [0.2, 0.25) is 5.82 Å². The molecular formula is C15H11F2N3O. The van der Waals surface area contributed by atoms with E-state index >= 15 is 0 Å². The maximum atomic E-state index is 14.0. The molecule has 2 aromatic carbocycles. The van der Waals surface area contributed by atoms with Crippen LogP contribution in [0, 0.1) is 18.6 Å². The highest BCUT2D eigenvalue weighted by atomic mass is 19.1. The fraction of sp³-hybridized carbons (Fsp3) is 0.0667. The van der Waals surface area contributed by atoms with E-state index in [1.807, 2.05) is 0 Å². The number of hydrogen-bond donors (Lipinski definition) is 1. The van der Waals surface area contributed by atoms with Crippen LogP contribution in [0.2, 0.25) is 0 Å². The number of benzene rings is 2. The van der Waals surface area contributed by atoms with E-state index in [-0.39, 0.29) is 17.3 Å². The van der Waals surface area contributed by atoms with E-state index in [9.17, 15) is 8.78 Å². The summed E-state index contributed by atoms with van der Waals surface area (Å²) in [6.07, 6.45) is 0. The fourth-order valence-corrected chi connectivity index (χ4v) is 1.93. The number of nitrogen functional groups attached to an aromatic ring is 1. The van der Waals surface area contributed by atoms with Crippen molar-refractivity contribution in [3.05, 3.63) is 53.6 Å². The molecule has 0 aliphatic rings. The Labute approximate surface area is 119 Å². The van der Waals surface area contributed by atoms with Crippen LogP contribution < -0.4 is 5.73 Å². The van der Waals surface area contributed by atoms with Gasteiger partial charge in [0.05, 0.1) is 0 Å². The lowest BCUT2D eigenvalue weighted by molar-refractivity contribution is 0.426. The van der Waals surface area contributed by atoms with E-state index < -0.39 is 11.6 Å². The molecule has 0 radical (unpaired) electrons. The number of rotatable bonds is 2. The summed E-state index contributed by atoms with van der Waals surface area (Å²) < 4.78 is 32.8. The van der Waals surface area contributed by atoms with Crippen LogP contribution >= 0.6 is 0 Å². The SMILES string of the molecule is Cc1ccc(F)c(-c2nc(-c3ccc(N)cc3)no2)c1F. The Morgan fingerprint density at radius 1 is 1.05 bits per heavy atom. The monoisotopic (exact) mass is 287 g/mol. The maximum Gasteiger partial charge on any atom is 0.264 e. The molecule has 0 saturated carbocycles. The molecule has 21 heavy (non-hydrogen) atoms. The second-order valence-electron chi connectivity index (χ2n) is 4.60. The van der Waals surface area contributed by atoms with Gasteiger partial charge in [0.1, 0.15) is 17.2 Å². The second-order valence-corrected chi connectivity index (χ2v) is 4.60. The van der Waals surface area contributed by atoms with Crippen molar-refractivity contribution in [2.24, 2.45) is 0 Å². The first kappa shape index (κ1) is 13.2. The van der Waals surface area contributed by atoms with E-state index in [0.717, 1.165) is 0 Å². The van der Waals surface area contributed by atoms with Gasteiger partial charge in [0, 0.05) is 11.3 Å². The summed E-state index contributed by atoms with van der Waals surface area (Å²) in [7, 11) is 0. The van der Waals surface area contributed by atoms with Crippen molar-refractivity contribution in [1.29, 1.82) is 0 Å². The average molecular weight is 287 g/mol. The molecule has 0 bridgehead atoms. The molecule has 1 aromatic heterocycles. The predicted octanol–water partition coefficient (Wildman–Crippen LogP) is 3.57. The zero-order chi connectivity index (χ0) is 15.0. The summed E-state index contributed by atoms with van der Waals surface area (Å²) in [5.74, 6) is -1.40. The van der Waals surface area contributed by atoms with Crippen molar-refractivity contribution in [3.63, 3.8) is 0 Å². The van der Waals surface area contributed by atoms with Crippen LogP contribution in [0.4, 0.5) is 14.5 Å². The van der Waals surface area contributed by atoms with Crippen molar-refractivity contribution in [3.8, 4) is 22.8 Å². The molecule has 0 aliphatic heterocycles. The molecule has 6 heteroatoms. The second kappa shape index (κ2) is 4.97. The van der Waals surface area contributed by atoms with E-state index in [0.29, 0.717) is 16.8 Å². The quantitative estimate of drug-likeness (QED) is 0.732. The highest BCUT2D eigenvalue weighted by Gasteiger charge is 2.20. The Balaban J connectivity index is 2.07. The minimum Gasteiger partial charge on any atom is -0.399 e. The minimum absolute atomic E-state index is 0.194. The number of hydrogen-bond acceptors (Lipinski definition) is 4. The molecule has 0 fully saturated rings. The molecule has 0 spiro atoms. The number of anilines is 1. The lowest BCUT2D eigenvalue weighted by atomic mass is 10.1. The van der Waals surface area contributed by atoms with E-state index in [1.165, 1.54) is 19.1 Å². The summed E-state index contributed by atoms with van der Waals surface area (Å²) >= 11 is 0. The van der Waals surface area contributed by atoms with Gasteiger partial charge in [0.15, 0.2) is 0 Å². The van der Waals surface area contributed by atoms with E-state index in [1.54, 1.807) is 24.3 Å². The van der Waals surface area contributed by atoms with Crippen LogP contribution in [-0.4, -0.2) is 10.1 Å². The lowest BCUT2D eigenvalue weighted by Crippen LogP contribution is -1.93. The van der Waals surface area contributed by atoms with Crippen LogP contribution in [0.5, 0.6) is 0 Å². The summed E-state index contributed by atoms with van der Waals surface area (Å²) in [4.78, 5) is 4.04. The summed E-state index contributed by atoms with van der Waals surface area (Å²) in [6, 6.07) is 9.28. The van der Waals surface area contributed by atoms with Crippen LogP contribution in [0.1, 0.15) is 5.56 Å². The van der Waals surface area contributed by atoms with Gasteiger partial charge in [-0.15, -0.1) is 0 Å². The molecule has 1 heterocycles. The van der Waals surface area contributed by atoms with Crippen molar-refractivity contribution in [1.82, 2.24) is 10.1 Å². The van der Waals surface area contributed by atoms with Crippen molar-refractivity contribution >= 4 is 5.69 Å². The number of nitrogens with two attached hydrogens (primary N) is 1. The zero-order valence-corrected chi connectivity index (χ0v) is 11.1. The molecule has 3 rings (SSSR count). The Bertz CT molecular complexity index is 797. The number of aryl methyl sites for hydroxylation is 1. The molecule has 0 unspecified atom stereocenters. The van der Waals surface area contributed by atoms with Crippen LogP contribution in [0.25, 0.3) is 22.8 Å². The zero-order valence-electron chi connectivity index (χ0n) is 11.1. The number of aromatic nitrogens is 2. The van der Waals surface area contributed by atoms with Gasteiger partial charge in [-0.3, -0.25) is 0 Å². The van der Waals surface area contributed by atoms with Crippen LogP contribution in [-0.2, 0) is 0 Å². The number of nitrogens with zero attached hydrogens (tertiary/aromatic N) is 2. The van der Waals surface area contributed by atoms with Crippen molar-refractivity contribution in [2.75, 3.05) is 5.73 Å². The molecule has 0 atom stereocenters. The maximum absolute atomic E-state index is 14.0. The molecule has 2 N–H and O–H groups in total. The summed E-state index contributed by atoms with van der Waals surface area (Å²) in [5.41, 5.74) is 6.82. The van der Waals surface area contributed by atoms with E-state index in [2.05, 4.69) is 10.1 Å². The summed E-state index contributed by atoms with van der Waals surface area (Å²) in [5, 5.41) is 3.74. The van der Waals surface area contributed by atoms with Gasteiger partial charge in [-0.2, -0.15) is 4.98 Å². The normalized spacial score (nSPS) is 10.8. The average Bonchev–Trinajstić information content (AvgIpc) is 2.94. The predicted molar refractivity (Wildman–Crippen MR) is 74.2 cm³/mol. The van der Waals surface area contributed by atoms with Crippen molar-refractivity contribution in [2.45, 2.75) is 6.92 Å². The molecule has 0 saturated heterocycles. The van der Waals surface area contributed by atoms with Crippen molar-refractivity contribution < 1.29 is 13.3 Å². The molecule has 0 aliphatic carbocycles. The van der Waals surface area contributed by atoms with Crippen LogP contribution in [0.3, 0.4) is 0 Å². The Hall–Kier alpha value is -2.76. The third-order valence-electron chi connectivity index (χ3n) is 3.09. The topological polar surface area (TPSA) is 64.9 Å². The molecule has 4 nitrogen and oxygen atoms in total. The first-order chi connectivity index (χ1) is 10.1. The summed E-state index contributed by atoms with van der Waals surface area (Å²) in [6.45, 7) is 1.54. The highest BCUT2D eigenvalue weighted by molar-refractivity contribution is 5.62. The third-order valence-corrected chi connectivity index (χ3v) is 3.09. The standard InChI is InChI=1S/C15H11F2N3O/c1-8-2-7-11(16)12(13(8)17)15-19-14(20-21-15)9-3-5-10(18)6-4-9/h2-7H,18H2,1H3. The minimum atomic E-state index is -0.745. The van der Waals surface area contributed by atoms with Crippen LogP contribution in [0.15, 0.2) is 40.9 Å². The molecule has 3 aromatic rings. The molecule has 0 amide bonds. The van der Waals surface area contributed by atoms with Gasteiger partial charge in [0.25, 0.3) is 5.89 Å². The smallest absolute Gasteiger partial charge is 0.264 e. The first-order valence-corrected chi connectivity index (χ1v) is 6.21. The van der Waals surface area contributed by atoms with Gasteiger partial charge in [-0.25, -0.2) is 8.78 Å². The highest BCUT2D eigenvalue weighted by Crippen LogP contribution is 2.28. The fourth-order valence-electron chi connectivity index (χ4n) is 1.93. The van der Waals surface area contributed by atoms with Gasteiger partial charge in [-0.1, -0.05) is 11.2 Å². The van der Waals surface area contributed by atoms with Gasteiger partial charge in [-0.05, 0) is 42.8 Å². The molecule has 106 valence electrons. The van der Waals surface area contributed by atoms with Gasteiger partial charge < -0.3 is 10.3 Å².